The third-order valence-electron chi connectivity index (χ3n) is 0.541. The van der Waals surface area contributed by atoms with E-state index in [1.165, 1.54) is 0 Å². The lowest BCUT2D eigenvalue weighted by Crippen LogP contribution is -2.17. The minimum atomic E-state index is -4.57. The van der Waals surface area contributed by atoms with Gasteiger partial charge in [0.2, 0.25) is 0 Å². The van der Waals surface area contributed by atoms with Crippen molar-refractivity contribution < 1.29 is 34.7 Å². The van der Waals surface area contributed by atoms with Crippen molar-refractivity contribution in [1.29, 1.82) is 0 Å². The van der Waals surface area contributed by atoms with Gasteiger partial charge in [0, 0.05) is 0 Å². The van der Waals surface area contributed by atoms with Crippen LogP contribution in [0.4, 0.5) is 26.3 Å². The highest BCUT2D eigenvalue weighted by atomic mass is 32.2. The van der Waals surface area contributed by atoms with Gasteiger partial charge in [-0.1, -0.05) is 0 Å². The topological polar surface area (TPSA) is 18.5 Å². The largest absolute Gasteiger partial charge is 0.413 e. The van der Waals surface area contributed by atoms with E-state index in [0.717, 1.165) is 0 Å². The summed E-state index contributed by atoms with van der Waals surface area (Å²) >= 11 is -0.333. The van der Waals surface area contributed by atoms with Crippen LogP contribution >= 0.6 is 12.3 Å². The first-order chi connectivity index (χ1) is 5.71. The van der Waals surface area contributed by atoms with Crippen LogP contribution in [0.2, 0.25) is 0 Å². The lowest BCUT2D eigenvalue weighted by atomic mass is 10.7. The lowest BCUT2D eigenvalue weighted by molar-refractivity contribution is -0.158. The molecule has 0 aromatic heterocycles. The molecule has 0 aromatic rings. The Morgan fingerprint density at radius 2 is 1.08 bits per heavy atom. The highest BCUT2D eigenvalue weighted by Crippen LogP contribution is 2.21. The van der Waals surface area contributed by atoms with Crippen LogP contribution in [0.5, 0.6) is 0 Å². The van der Waals surface area contributed by atoms with Crippen molar-refractivity contribution in [2.24, 2.45) is 0 Å². The molecule has 2 nitrogen and oxygen atoms in total. The van der Waals surface area contributed by atoms with Gasteiger partial charge >= 0.3 is 12.4 Å². The van der Waals surface area contributed by atoms with Crippen LogP contribution in [0.15, 0.2) is 0 Å². The second-order valence-corrected chi connectivity index (χ2v) is 2.43. The number of hydrogen-bond donors (Lipinski definition) is 0. The van der Waals surface area contributed by atoms with Crippen LogP contribution in [0.3, 0.4) is 0 Å². The molecule has 0 bridgehead atoms. The molecule has 0 aliphatic carbocycles. The minimum absolute atomic E-state index is 0.333. The molecule has 0 atom stereocenters. The van der Waals surface area contributed by atoms with Crippen molar-refractivity contribution in [3.05, 3.63) is 0 Å². The third kappa shape index (κ3) is 11.9. The Labute approximate surface area is 73.6 Å². The van der Waals surface area contributed by atoms with Crippen molar-refractivity contribution in [1.82, 2.24) is 0 Å². The van der Waals surface area contributed by atoms with Crippen LogP contribution in [-0.2, 0) is 8.37 Å². The summed E-state index contributed by atoms with van der Waals surface area (Å²) in [5.41, 5.74) is 0. The smallest absolute Gasteiger partial charge is 0.282 e. The molecule has 0 radical (unpaired) electrons. The van der Waals surface area contributed by atoms with Gasteiger partial charge in [-0.3, -0.25) is 8.37 Å². The molecule has 0 amide bonds. The molecular formula is C4H4F6O2S. The molecule has 0 N–H and O–H groups in total. The summed E-state index contributed by atoms with van der Waals surface area (Å²) in [6.07, 6.45) is -9.15. The summed E-state index contributed by atoms with van der Waals surface area (Å²) in [6.45, 7) is -3.31. The molecule has 0 saturated carbocycles. The molecule has 0 aromatic carbocycles. The molecular weight excluding hydrogens is 226 g/mol. The van der Waals surface area contributed by atoms with E-state index >= 15 is 0 Å². The van der Waals surface area contributed by atoms with Crippen LogP contribution in [-0.4, -0.2) is 25.6 Å². The van der Waals surface area contributed by atoms with Gasteiger partial charge in [-0.25, -0.2) is 0 Å². The Morgan fingerprint density at radius 1 is 0.769 bits per heavy atom. The molecule has 0 spiro atoms. The molecule has 0 rings (SSSR count). The highest BCUT2D eigenvalue weighted by Gasteiger charge is 2.30. The van der Waals surface area contributed by atoms with Crippen LogP contribution in [0, 0.1) is 0 Å². The van der Waals surface area contributed by atoms with Gasteiger partial charge in [0.25, 0.3) is 0 Å². The van der Waals surface area contributed by atoms with E-state index in [1.54, 1.807) is 0 Å². The van der Waals surface area contributed by atoms with Gasteiger partial charge in [0.05, 0.1) is 0 Å². The standard InChI is InChI=1S/C4H4F6O2S/c5-3(6,7)1-11-13-12-2-4(8,9)10/h1-2H2. The summed E-state index contributed by atoms with van der Waals surface area (Å²) < 4.78 is 75.1. The first kappa shape index (κ1) is 12.8. The van der Waals surface area contributed by atoms with Crippen molar-refractivity contribution in [2.75, 3.05) is 13.2 Å². The Kier molecular flexibility index (Phi) is 4.86. The molecule has 80 valence electrons. The van der Waals surface area contributed by atoms with Gasteiger partial charge in [-0.15, -0.1) is 0 Å². The Balaban J connectivity index is 3.28. The average molecular weight is 230 g/mol. The quantitative estimate of drug-likeness (QED) is 0.420. The summed E-state index contributed by atoms with van der Waals surface area (Å²) in [4.78, 5) is 0. The molecule has 0 unspecified atom stereocenters. The Morgan fingerprint density at radius 3 is 1.31 bits per heavy atom. The number of halogens is 6. The SMILES string of the molecule is FC(F)(F)COSOCC(F)(F)F. The Hall–Kier alpha value is -0.150. The molecule has 9 heteroatoms. The van der Waals surface area contributed by atoms with E-state index in [0.29, 0.717) is 0 Å². The fraction of sp³-hybridized carbons (Fsp3) is 1.00. The summed E-state index contributed by atoms with van der Waals surface area (Å²) in [5.74, 6) is 0. The Bertz CT molecular complexity index is 127. The normalized spacial score (nSPS) is 13.4. The van der Waals surface area contributed by atoms with Crippen LogP contribution in [0.1, 0.15) is 0 Å². The van der Waals surface area contributed by atoms with Gasteiger partial charge < -0.3 is 0 Å². The first-order valence-corrected chi connectivity index (χ1v) is 3.42. The monoisotopic (exact) mass is 230 g/mol. The maximum atomic E-state index is 11.3. The fourth-order valence-electron chi connectivity index (χ4n) is 0.216. The molecule has 0 fully saturated rings. The zero-order valence-corrected chi connectivity index (χ0v) is 6.72. The summed E-state index contributed by atoms with van der Waals surface area (Å²) in [5, 5.41) is 0. The second kappa shape index (κ2) is 4.91. The van der Waals surface area contributed by atoms with E-state index in [9.17, 15) is 26.3 Å². The summed E-state index contributed by atoms with van der Waals surface area (Å²) in [7, 11) is 0. The van der Waals surface area contributed by atoms with E-state index in [1.807, 2.05) is 0 Å². The highest BCUT2D eigenvalue weighted by molar-refractivity contribution is 7.89. The first-order valence-electron chi connectivity index (χ1n) is 2.75. The van der Waals surface area contributed by atoms with Crippen molar-refractivity contribution in [3.63, 3.8) is 0 Å². The van der Waals surface area contributed by atoms with Crippen molar-refractivity contribution in [3.8, 4) is 0 Å². The van der Waals surface area contributed by atoms with Crippen LogP contribution in [0.25, 0.3) is 0 Å². The van der Waals surface area contributed by atoms with E-state index in [4.69, 9.17) is 0 Å². The maximum absolute atomic E-state index is 11.3. The third-order valence-corrected chi connectivity index (χ3v) is 0.970. The number of rotatable bonds is 4. The van der Waals surface area contributed by atoms with Gasteiger partial charge in [0.1, 0.15) is 0 Å². The van der Waals surface area contributed by atoms with E-state index < -0.39 is 25.6 Å². The second-order valence-electron chi connectivity index (χ2n) is 1.82. The minimum Gasteiger partial charge on any atom is -0.282 e. The molecule has 0 aliphatic heterocycles. The zero-order chi connectivity index (χ0) is 10.5. The average Bonchev–Trinajstić information content (AvgIpc) is 1.81. The predicted molar refractivity (Wildman–Crippen MR) is 31.6 cm³/mol. The van der Waals surface area contributed by atoms with E-state index in [2.05, 4.69) is 8.37 Å². The molecule has 13 heavy (non-hydrogen) atoms. The fourth-order valence-corrected chi connectivity index (χ4v) is 0.647. The van der Waals surface area contributed by atoms with Crippen molar-refractivity contribution in [2.45, 2.75) is 12.4 Å². The van der Waals surface area contributed by atoms with Crippen molar-refractivity contribution >= 4 is 12.3 Å². The molecule has 0 heterocycles. The lowest BCUT2D eigenvalue weighted by Gasteiger charge is -2.07. The van der Waals surface area contributed by atoms with Gasteiger partial charge in [-0.05, 0) is 0 Å². The van der Waals surface area contributed by atoms with Crippen LogP contribution < -0.4 is 0 Å². The number of alkyl halides is 6. The zero-order valence-electron chi connectivity index (χ0n) is 5.91. The molecule has 0 aliphatic rings. The van der Waals surface area contributed by atoms with Gasteiger partial charge in [0.15, 0.2) is 25.5 Å². The summed E-state index contributed by atoms with van der Waals surface area (Å²) in [6, 6.07) is 0. The van der Waals surface area contributed by atoms with Gasteiger partial charge in [-0.2, -0.15) is 26.3 Å². The predicted octanol–water partition coefficient (Wildman–Crippen LogP) is 2.71. The van der Waals surface area contributed by atoms with E-state index in [-0.39, 0.29) is 12.3 Å². The maximum Gasteiger partial charge on any atom is 0.413 e. The number of hydrogen-bond acceptors (Lipinski definition) is 3. The molecule has 0 saturated heterocycles.